The monoisotopic (exact) mass is 336 g/mol. The zero-order valence-electron chi connectivity index (χ0n) is 12.9. The fraction of sp³-hybridized carbons (Fsp3) is 0.0526. The molecule has 0 saturated heterocycles. The Balaban J connectivity index is 1.70. The number of thiophene rings is 1. The van der Waals surface area contributed by atoms with Gasteiger partial charge in [-0.2, -0.15) is 0 Å². The molecule has 3 rings (SSSR count). The average molecular weight is 336 g/mol. The van der Waals surface area contributed by atoms with Gasteiger partial charge in [0.05, 0.1) is 5.56 Å². The Morgan fingerprint density at radius 3 is 2.25 bits per heavy atom. The lowest BCUT2D eigenvalue weighted by Gasteiger charge is -2.06. The van der Waals surface area contributed by atoms with E-state index in [9.17, 15) is 9.59 Å². The molecular weight excluding hydrogens is 320 g/mol. The minimum absolute atomic E-state index is 0.258. The van der Waals surface area contributed by atoms with E-state index in [4.69, 9.17) is 5.73 Å². The molecule has 2 aromatic carbocycles. The van der Waals surface area contributed by atoms with Gasteiger partial charge in [-0.1, -0.05) is 42.5 Å². The molecule has 0 radical (unpaired) electrons. The number of anilines is 1. The summed E-state index contributed by atoms with van der Waals surface area (Å²) in [4.78, 5) is 23.6. The van der Waals surface area contributed by atoms with Crippen molar-refractivity contribution >= 4 is 28.2 Å². The van der Waals surface area contributed by atoms with Crippen molar-refractivity contribution in [2.45, 2.75) is 6.42 Å². The van der Waals surface area contributed by atoms with Crippen LogP contribution in [0.1, 0.15) is 31.8 Å². The van der Waals surface area contributed by atoms with Gasteiger partial charge >= 0.3 is 0 Å². The van der Waals surface area contributed by atoms with Crippen LogP contribution in [0.5, 0.6) is 0 Å². The van der Waals surface area contributed by atoms with Gasteiger partial charge in [-0.15, -0.1) is 11.3 Å². The maximum absolute atomic E-state index is 12.3. The Kier molecular flexibility index (Phi) is 4.72. The number of carbonyl (C=O) groups is 2. The number of carbonyl (C=O) groups excluding carboxylic acids is 2. The van der Waals surface area contributed by atoms with Gasteiger partial charge in [0.25, 0.3) is 11.8 Å². The summed E-state index contributed by atoms with van der Waals surface area (Å²) in [7, 11) is 0. The van der Waals surface area contributed by atoms with Crippen LogP contribution in [0.3, 0.4) is 0 Å². The topological polar surface area (TPSA) is 72.2 Å². The van der Waals surface area contributed by atoms with E-state index in [0.29, 0.717) is 16.1 Å². The molecule has 0 fully saturated rings. The highest BCUT2D eigenvalue weighted by Gasteiger charge is 2.13. The molecule has 3 N–H and O–H groups in total. The van der Waals surface area contributed by atoms with Gasteiger partial charge in [-0.3, -0.25) is 9.59 Å². The summed E-state index contributed by atoms with van der Waals surface area (Å²) in [6.07, 6.45) is 0.819. The molecule has 0 saturated carbocycles. The number of nitrogens with one attached hydrogen (secondary N) is 1. The van der Waals surface area contributed by atoms with E-state index in [1.54, 1.807) is 23.6 Å². The van der Waals surface area contributed by atoms with E-state index >= 15 is 0 Å². The van der Waals surface area contributed by atoms with Crippen LogP contribution in [-0.2, 0) is 6.42 Å². The van der Waals surface area contributed by atoms with Crippen LogP contribution in [0, 0.1) is 0 Å². The zero-order chi connectivity index (χ0) is 16.9. The summed E-state index contributed by atoms with van der Waals surface area (Å²) in [5.41, 5.74) is 8.50. The highest BCUT2D eigenvalue weighted by Crippen LogP contribution is 2.23. The molecule has 1 heterocycles. The molecule has 0 spiro atoms. The SMILES string of the molecule is NC(=O)c1ccsc1NC(=O)c1ccc(Cc2ccccc2)cc1. The first kappa shape index (κ1) is 16.0. The minimum Gasteiger partial charge on any atom is -0.366 e. The molecule has 0 aliphatic carbocycles. The molecule has 0 unspecified atom stereocenters. The van der Waals surface area contributed by atoms with E-state index in [2.05, 4.69) is 17.4 Å². The lowest BCUT2D eigenvalue weighted by molar-refractivity contribution is 0.100. The largest absolute Gasteiger partial charge is 0.366 e. The van der Waals surface area contributed by atoms with E-state index in [0.717, 1.165) is 12.0 Å². The Bertz CT molecular complexity index is 855. The van der Waals surface area contributed by atoms with Crippen molar-refractivity contribution in [2.24, 2.45) is 5.73 Å². The van der Waals surface area contributed by atoms with Gasteiger partial charge in [-0.25, -0.2) is 0 Å². The molecule has 0 aliphatic rings. The van der Waals surface area contributed by atoms with E-state index in [1.165, 1.54) is 16.9 Å². The number of hydrogen-bond acceptors (Lipinski definition) is 3. The third-order valence-electron chi connectivity index (χ3n) is 3.62. The van der Waals surface area contributed by atoms with Gasteiger partial charge in [0, 0.05) is 5.56 Å². The quantitative estimate of drug-likeness (QED) is 0.746. The van der Waals surface area contributed by atoms with Crippen molar-refractivity contribution in [3.8, 4) is 0 Å². The van der Waals surface area contributed by atoms with Gasteiger partial charge in [0.1, 0.15) is 5.00 Å². The van der Waals surface area contributed by atoms with Crippen molar-refractivity contribution in [1.82, 2.24) is 0 Å². The summed E-state index contributed by atoms with van der Waals surface area (Å²) >= 11 is 1.27. The summed E-state index contributed by atoms with van der Waals surface area (Å²) < 4.78 is 0. The second kappa shape index (κ2) is 7.10. The van der Waals surface area contributed by atoms with Crippen molar-refractivity contribution in [2.75, 3.05) is 5.32 Å². The van der Waals surface area contributed by atoms with E-state index in [-0.39, 0.29) is 5.91 Å². The Morgan fingerprint density at radius 2 is 1.58 bits per heavy atom. The number of benzene rings is 2. The maximum Gasteiger partial charge on any atom is 0.256 e. The maximum atomic E-state index is 12.3. The molecular formula is C19H16N2O2S. The molecule has 1 aromatic heterocycles. The first-order valence-electron chi connectivity index (χ1n) is 7.45. The van der Waals surface area contributed by atoms with Gasteiger partial charge in [-0.05, 0) is 41.1 Å². The molecule has 0 atom stereocenters. The number of hydrogen-bond donors (Lipinski definition) is 2. The molecule has 4 nitrogen and oxygen atoms in total. The van der Waals surface area contributed by atoms with Crippen LogP contribution < -0.4 is 11.1 Å². The second-order valence-electron chi connectivity index (χ2n) is 5.34. The fourth-order valence-electron chi connectivity index (χ4n) is 2.38. The fourth-order valence-corrected chi connectivity index (χ4v) is 3.17. The first-order chi connectivity index (χ1) is 11.6. The predicted molar refractivity (Wildman–Crippen MR) is 96.5 cm³/mol. The van der Waals surface area contributed by atoms with Crippen LogP contribution >= 0.6 is 11.3 Å². The molecule has 24 heavy (non-hydrogen) atoms. The Hall–Kier alpha value is -2.92. The molecule has 5 heteroatoms. The Labute approximate surface area is 143 Å². The lowest BCUT2D eigenvalue weighted by Crippen LogP contribution is -2.16. The molecule has 2 amide bonds. The molecule has 0 bridgehead atoms. The summed E-state index contributed by atoms with van der Waals surface area (Å²) in [5.74, 6) is -0.809. The van der Waals surface area contributed by atoms with Crippen LogP contribution in [-0.4, -0.2) is 11.8 Å². The molecule has 0 aliphatic heterocycles. The normalized spacial score (nSPS) is 10.3. The van der Waals surface area contributed by atoms with Crippen molar-refractivity contribution in [3.63, 3.8) is 0 Å². The van der Waals surface area contributed by atoms with Crippen molar-refractivity contribution in [1.29, 1.82) is 0 Å². The highest BCUT2D eigenvalue weighted by molar-refractivity contribution is 7.14. The van der Waals surface area contributed by atoms with E-state index in [1.807, 2.05) is 30.3 Å². The van der Waals surface area contributed by atoms with Crippen molar-refractivity contribution in [3.05, 3.63) is 88.3 Å². The predicted octanol–water partition coefficient (Wildman–Crippen LogP) is 3.69. The lowest BCUT2D eigenvalue weighted by atomic mass is 10.0. The third-order valence-corrected chi connectivity index (χ3v) is 4.45. The second-order valence-corrected chi connectivity index (χ2v) is 6.26. The van der Waals surface area contributed by atoms with Gasteiger partial charge in [0.2, 0.25) is 0 Å². The number of amides is 2. The highest BCUT2D eigenvalue weighted by atomic mass is 32.1. The Morgan fingerprint density at radius 1 is 0.917 bits per heavy atom. The average Bonchev–Trinajstić information content (AvgIpc) is 3.05. The molecule has 3 aromatic rings. The van der Waals surface area contributed by atoms with E-state index < -0.39 is 5.91 Å². The van der Waals surface area contributed by atoms with Gasteiger partial charge in [0.15, 0.2) is 0 Å². The van der Waals surface area contributed by atoms with Crippen LogP contribution in [0.2, 0.25) is 0 Å². The molecule has 120 valence electrons. The standard InChI is InChI=1S/C19H16N2O2S/c20-17(22)16-10-11-24-19(16)21-18(23)15-8-6-14(7-9-15)12-13-4-2-1-3-5-13/h1-11H,12H2,(H2,20,22)(H,21,23). The number of nitrogens with two attached hydrogens (primary N) is 1. The zero-order valence-corrected chi connectivity index (χ0v) is 13.7. The number of primary amides is 1. The number of rotatable bonds is 5. The van der Waals surface area contributed by atoms with Crippen LogP contribution in [0.4, 0.5) is 5.00 Å². The van der Waals surface area contributed by atoms with Gasteiger partial charge < -0.3 is 11.1 Å². The van der Waals surface area contributed by atoms with Crippen LogP contribution in [0.25, 0.3) is 0 Å². The summed E-state index contributed by atoms with van der Waals surface area (Å²) in [5, 5.41) is 4.93. The smallest absolute Gasteiger partial charge is 0.256 e. The van der Waals surface area contributed by atoms with Crippen molar-refractivity contribution < 1.29 is 9.59 Å². The summed E-state index contributed by atoms with van der Waals surface area (Å²) in [6, 6.07) is 19.2. The first-order valence-corrected chi connectivity index (χ1v) is 8.33. The van der Waals surface area contributed by atoms with Crippen LogP contribution in [0.15, 0.2) is 66.0 Å². The summed E-state index contributed by atoms with van der Waals surface area (Å²) in [6.45, 7) is 0. The third kappa shape index (κ3) is 3.70. The minimum atomic E-state index is -0.551.